The quantitative estimate of drug-likeness (QED) is 0.493. The predicted molar refractivity (Wildman–Crippen MR) is 83.4 cm³/mol. The van der Waals surface area contributed by atoms with Crippen molar-refractivity contribution in [1.29, 1.82) is 0 Å². The fourth-order valence-electron chi connectivity index (χ4n) is 1.24. The minimum absolute atomic E-state index is 0.155. The third kappa shape index (κ3) is 3.66. The lowest BCUT2D eigenvalue weighted by Crippen LogP contribution is -2.11. The van der Waals surface area contributed by atoms with Gasteiger partial charge in [-0.1, -0.05) is 36.1 Å². The van der Waals surface area contributed by atoms with Crippen molar-refractivity contribution in [3.8, 4) is 0 Å². The van der Waals surface area contributed by atoms with Crippen molar-refractivity contribution in [3.05, 3.63) is 33.4 Å². The maximum absolute atomic E-state index is 12.0. The van der Waals surface area contributed by atoms with Gasteiger partial charge in [-0.3, -0.25) is 10.1 Å². The van der Waals surface area contributed by atoms with Crippen molar-refractivity contribution in [3.63, 3.8) is 0 Å². The maximum Gasteiger partial charge on any atom is 0.257 e. The van der Waals surface area contributed by atoms with E-state index in [1.165, 1.54) is 11.3 Å². The Morgan fingerprint density at radius 2 is 2.33 bits per heavy atom. The van der Waals surface area contributed by atoms with Crippen LogP contribution in [0.5, 0.6) is 0 Å². The molecule has 0 spiro atoms. The Balaban J connectivity index is 2.06. The second-order valence-electron chi connectivity index (χ2n) is 3.27. The molecule has 4 nitrogen and oxygen atoms in total. The molecule has 7 heteroatoms. The van der Waals surface area contributed by atoms with Gasteiger partial charge in [0.2, 0.25) is 5.13 Å². The lowest BCUT2D eigenvalue weighted by molar-refractivity contribution is 0.102. The summed E-state index contributed by atoms with van der Waals surface area (Å²) in [5.74, 6) is 0.789. The van der Waals surface area contributed by atoms with E-state index in [9.17, 15) is 4.79 Å². The van der Waals surface area contributed by atoms with Gasteiger partial charge in [0, 0.05) is 9.13 Å². The van der Waals surface area contributed by atoms with Crippen LogP contribution in [0.2, 0.25) is 0 Å². The number of benzene rings is 1. The van der Waals surface area contributed by atoms with Gasteiger partial charge >= 0.3 is 0 Å². The normalized spacial score (nSPS) is 10.3. The van der Waals surface area contributed by atoms with E-state index < -0.39 is 0 Å². The summed E-state index contributed by atoms with van der Waals surface area (Å²) in [6.07, 6.45) is 0. The van der Waals surface area contributed by atoms with Crippen molar-refractivity contribution in [2.75, 3.05) is 11.1 Å². The monoisotopic (exact) mass is 391 g/mol. The molecule has 0 aliphatic carbocycles. The Hall–Kier alpha value is -0.670. The Labute approximate surface area is 127 Å². The summed E-state index contributed by atoms with van der Waals surface area (Å²) in [7, 11) is 0. The van der Waals surface area contributed by atoms with Crippen molar-refractivity contribution >= 4 is 56.7 Å². The summed E-state index contributed by atoms with van der Waals surface area (Å²) in [5, 5.41) is 11.2. The molecular weight excluding hydrogens is 381 g/mol. The molecule has 0 saturated carbocycles. The van der Waals surface area contributed by atoms with Gasteiger partial charge in [-0.2, -0.15) is 0 Å². The summed E-state index contributed by atoms with van der Waals surface area (Å²) >= 11 is 5.18. The number of nitrogens with zero attached hydrogens (tertiary/aromatic N) is 2. The van der Waals surface area contributed by atoms with Crippen LogP contribution in [0.15, 0.2) is 28.6 Å². The molecule has 94 valence electrons. The molecule has 0 atom stereocenters. The molecule has 2 aromatic rings. The van der Waals surface area contributed by atoms with Crippen LogP contribution in [-0.4, -0.2) is 21.9 Å². The molecule has 0 saturated heterocycles. The standard InChI is InChI=1S/C11H10IN3OS2/c1-2-17-11-15-14-10(18-11)13-9(16)7-4-3-5-8(12)6-7/h3-6H,2H2,1H3,(H,13,14,16). The van der Waals surface area contributed by atoms with Gasteiger partial charge < -0.3 is 0 Å². The number of hydrogen-bond donors (Lipinski definition) is 1. The number of rotatable bonds is 4. The lowest BCUT2D eigenvalue weighted by atomic mass is 10.2. The van der Waals surface area contributed by atoms with Crippen LogP contribution < -0.4 is 5.32 Å². The van der Waals surface area contributed by atoms with Crippen LogP contribution in [0.4, 0.5) is 5.13 Å². The smallest absolute Gasteiger partial charge is 0.257 e. The number of carbonyl (C=O) groups excluding carboxylic acids is 1. The Bertz CT molecular complexity index is 559. The molecule has 2 rings (SSSR count). The van der Waals surface area contributed by atoms with E-state index in [1.807, 2.05) is 18.2 Å². The number of amides is 1. The average molecular weight is 391 g/mol. The van der Waals surface area contributed by atoms with Crippen LogP contribution in [-0.2, 0) is 0 Å². The molecule has 0 bridgehead atoms. The summed E-state index contributed by atoms with van der Waals surface area (Å²) in [5.41, 5.74) is 0.627. The lowest BCUT2D eigenvalue weighted by Gasteiger charge is -2.01. The Morgan fingerprint density at radius 3 is 3.06 bits per heavy atom. The van der Waals surface area contributed by atoms with Crippen molar-refractivity contribution < 1.29 is 4.79 Å². The largest absolute Gasteiger partial charge is 0.296 e. The fourth-order valence-corrected chi connectivity index (χ4v) is 3.43. The van der Waals surface area contributed by atoms with Crippen molar-refractivity contribution in [2.45, 2.75) is 11.3 Å². The van der Waals surface area contributed by atoms with Crippen LogP contribution >= 0.6 is 45.7 Å². The first-order valence-corrected chi connectivity index (χ1v) is 8.10. The zero-order valence-electron chi connectivity index (χ0n) is 9.51. The summed E-state index contributed by atoms with van der Waals surface area (Å²) in [6, 6.07) is 7.41. The maximum atomic E-state index is 12.0. The number of hydrogen-bond acceptors (Lipinski definition) is 5. The molecule has 1 aromatic carbocycles. The third-order valence-corrected chi connectivity index (χ3v) is 4.51. The van der Waals surface area contributed by atoms with Crippen LogP contribution in [0, 0.1) is 3.57 Å². The Morgan fingerprint density at radius 1 is 1.50 bits per heavy atom. The fraction of sp³-hybridized carbons (Fsp3) is 0.182. The highest BCUT2D eigenvalue weighted by Gasteiger charge is 2.10. The molecule has 1 heterocycles. The summed E-state index contributed by atoms with van der Waals surface area (Å²) < 4.78 is 1.90. The van der Waals surface area contributed by atoms with Gasteiger partial charge in [-0.05, 0) is 46.5 Å². The molecule has 0 unspecified atom stereocenters. The van der Waals surface area contributed by atoms with Gasteiger partial charge in [0.1, 0.15) is 0 Å². The SMILES string of the molecule is CCSc1nnc(NC(=O)c2cccc(I)c2)s1. The van der Waals surface area contributed by atoms with Crippen LogP contribution in [0.1, 0.15) is 17.3 Å². The molecular formula is C11H10IN3OS2. The van der Waals surface area contributed by atoms with Gasteiger partial charge in [0.25, 0.3) is 5.91 Å². The molecule has 1 aromatic heterocycles. The second kappa shape index (κ2) is 6.48. The minimum Gasteiger partial charge on any atom is -0.296 e. The highest BCUT2D eigenvalue weighted by Crippen LogP contribution is 2.25. The van der Waals surface area contributed by atoms with E-state index in [1.54, 1.807) is 17.8 Å². The van der Waals surface area contributed by atoms with Crippen molar-refractivity contribution in [1.82, 2.24) is 10.2 Å². The van der Waals surface area contributed by atoms with Gasteiger partial charge in [-0.25, -0.2) is 0 Å². The second-order valence-corrected chi connectivity index (χ2v) is 7.00. The molecule has 1 amide bonds. The predicted octanol–water partition coefficient (Wildman–Crippen LogP) is 3.51. The average Bonchev–Trinajstić information content (AvgIpc) is 2.77. The molecule has 0 radical (unpaired) electrons. The molecule has 18 heavy (non-hydrogen) atoms. The molecule has 0 fully saturated rings. The van der Waals surface area contributed by atoms with E-state index in [4.69, 9.17) is 0 Å². The number of nitrogens with one attached hydrogen (secondary N) is 1. The highest BCUT2D eigenvalue weighted by molar-refractivity contribution is 14.1. The minimum atomic E-state index is -0.155. The number of anilines is 1. The Kier molecular flexibility index (Phi) is 4.95. The molecule has 0 aliphatic rings. The summed E-state index contributed by atoms with van der Waals surface area (Å²) in [6.45, 7) is 2.05. The zero-order chi connectivity index (χ0) is 13.0. The zero-order valence-corrected chi connectivity index (χ0v) is 13.3. The summed E-state index contributed by atoms with van der Waals surface area (Å²) in [4.78, 5) is 12.0. The topological polar surface area (TPSA) is 54.9 Å². The highest BCUT2D eigenvalue weighted by atomic mass is 127. The molecule has 0 aliphatic heterocycles. The van der Waals surface area contributed by atoms with E-state index in [2.05, 4.69) is 45.0 Å². The molecule has 1 N–H and O–H groups in total. The van der Waals surface area contributed by atoms with E-state index in [0.717, 1.165) is 13.7 Å². The van der Waals surface area contributed by atoms with Crippen molar-refractivity contribution in [2.24, 2.45) is 0 Å². The first-order valence-electron chi connectivity index (χ1n) is 5.22. The third-order valence-electron chi connectivity index (χ3n) is 1.98. The van der Waals surface area contributed by atoms with Gasteiger partial charge in [0.15, 0.2) is 4.34 Å². The van der Waals surface area contributed by atoms with E-state index >= 15 is 0 Å². The number of thioether (sulfide) groups is 1. The van der Waals surface area contributed by atoms with Gasteiger partial charge in [0.05, 0.1) is 0 Å². The first kappa shape index (κ1) is 13.8. The van der Waals surface area contributed by atoms with E-state index in [0.29, 0.717) is 10.7 Å². The number of carbonyl (C=O) groups is 1. The van der Waals surface area contributed by atoms with Crippen LogP contribution in [0.3, 0.4) is 0 Å². The number of halogens is 1. The van der Waals surface area contributed by atoms with Crippen LogP contribution in [0.25, 0.3) is 0 Å². The number of aromatic nitrogens is 2. The van der Waals surface area contributed by atoms with Gasteiger partial charge in [-0.15, -0.1) is 10.2 Å². The van der Waals surface area contributed by atoms with E-state index in [-0.39, 0.29) is 5.91 Å². The first-order chi connectivity index (χ1) is 8.69.